The summed E-state index contributed by atoms with van der Waals surface area (Å²) in [6.45, 7) is 2.19. The van der Waals surface area contributed by atoms with E-state index in [9.17, 15) is 4.79 Å². The van der Waals surface area contributed by atoms with Gasteiger partial charge in [-0.05, 0) is 43.4 Å². The van der Waals surface area contributed by atoms with Gasteiger partial charge in [0.25, 0.3) is 0 Å². The van der Waals surface area contributed by atoms with Crippen molar-refractivity contribution in [2.24, 2.45) is 5.73 Å². The van der Waals surface area contributed by atoms with Crippen LogP contribution in [0.5, 0.6) is 0 Å². The molecule has 0 radical (unpaired) electrons. The average molecular weight is 276 g/mol. The van der Waals surface area contributed by atoms with Crippen LogP contribution in [0.25, 0.3) is 0 Å². The Labute approximate surface area is 113 Å². The smallest absolute Gasteiger partial charge is 0.237 e. The quantitative estimate of drug-likeness (QED) is 0.745. The van der Waals surface area contributed by atoms with E-state index in [1.165, 1.54) is 12.2 Å². The van der Waals surface area contributed by atoms with E-state index >= 15 is 0 Å². The van der Waals surface area contributed by atoms with E-state index < -0.39 is 0 Å². The van der Waals surface area contributed by atoms with Crippen LogP contribution in [-0.4, -0.2) is 41.0 Å². The van der Waals surface area contributed by atoms with Crippen LogP contribution in [0.1, 0.15) is 32.6 Å². The molecule has 0 spiro atoms. The third-order valence-corrected chi connectivity index (χ3v) is 4.98. The molecular formula is C12H24N2OS2. The van der Waals surface area contributed by atoms with Gasteiger partial charge in [-0.3, -0.25) is 4.79 Å². The van der Waals surface area contributed by atoms with Crippen LogP contribution in [0.4, 0.5) is 0 Å². The Morgan fingerprint density at radius 3 is 2.94 bits per heavy atom. The average Bonchev–Trinajstić information content (AvgIpc) is 2.74. The maximum absolute atomic E-state index is 11.8. The summed E-state index contributed by atoms with van der Waals surface area (Å²) >= 11 is 3.74. The first-order valence-electron chi connectivity index (χ1n) is 6.33. The lowest BCUT2D eigenvalue weighted by Gasteiger charge is -2.16. The minimum Gasteiger partial charge on any atom is -0.352 e. The van der Waals surface area contributed by atoms with Crippen molar-refractivity contribution in [3.63, 3.8) is 0 Å². The molecule has 0 aromatic rings. The minimum absolute atomic E-state index is 0.0335. The fourth-order valence-corrected chi connectivity index (χ4v) is 3.77. The van der Waals surface area contributed by atoms with Gasteiger partial charge in [0, 0.05) is 11.3 Å². The second kappa shape index (κ2) is 8.27. The first-order chi connectivity index (χ1) is 8.17. The van der Waals surface area contributed by atoms with Crippen molar-refractivity contribution in [2.75, 3.05) is 17.8 Å². The molecule has 1 rings (SSSR count). The molecule has 0 saturated heterocycles. The molecule has 1 aliphatic carbocycles. The van der Waals surface area contributed by atoms with Crippen LogP contribution in [0, 0.1) is 0 Å². The molecule has 1 fully saturated rings. The zero-order chi connectivity index (χ0) is 12.7. The summed E-state index contributed by atoms with van der Waals surface area (Å²) in [5.41, 5.74) is 5.84. The van der Waals surface area contributed by atoms with E-state index in [1.807, 2.05) is 18.0 Å². The van der Waals surface area contributed by atoms with E-state index in [-0.39, 0.29) is 11.9 Å². The Balaban J connectivity index is 2.23. The Morgan fingerprint density at radius 1 is 1.53 bits per heavy atom. The van der Waals surface area contributed by atoms with E-state index in [2.05, 4.69) is 12.2 Å². The standard InChI is InChI=1S/C12H24N2OS2/c1-3-17-10-5-4-9(8-10)14-12(15)11(13)6-7-16-2/h9-11H,3-8,13H2,1-2H3,(H,14,15)/t9?,10?,11-/m0/s1. The second-order valence-electron chi connectivity index (χ2n) is 4.48. The number of hydrogen-bond acceptors (Lipinski definition) is 4. The summed E-state index contributed by atoms with van der Waals surface area (Å²) in [6.07, 6.45) is 6.25. The van der Waals surface area contributed by atoms with Gasteiger partial charge in [0.15, 0.2) is 0 Å². The van der Waals surface area contributed by atoms with E-state index in [0.29, 0.717) is 6.04 Å². The summed E-state index contributed by atoms with van der Waals surface area (Å²) in [5.74, 6) is 2.15. The van der Waals surface area contributed by atoms with Gasteiger partial charge in [-0.2, -0.15) is 23.5 Å². The van der Waals surface area contributed by atoms with Crippen molar-refractivity contribution < 1.29 is 4.79 Å². The fraction of sp³-hybridized carbons (Fsp3) is 0.917. The molecule has 1 amide bonds. The lowest BCUT2D eigenvalue weighted by molar-refractivity contribution is -0.123. The lowest BCUT2D eigenvalue weighted by Crippen LogP contribution is -2.44. The van der Waals surface area contributed by atoms with Crippen LogP contribution in [0.3, 0.4) is 0 Å². The molecule has 0 aromatic heterocycles. The predicted molar refractivity (Wildman–Crippen MR) is 78.7 cm³/mol. The van der Waals surface area contributed by atoms with Gasteiger partial charge in [-0.15, -0.1) is 0 Å². The molecular weight excluding hydrogens is 252 g/mol. The molecule has 2 unspecified atom stereocenters. The van der Waals surface area contributed by atoms with Crippen molar-refractivity contribution in [2.45, 2.75) is 49.9 Å². The third kappa shape index (κ3) is 5.53. The molecule has 0 bridgehead atoms. The molecule has 3 atom stereocenters. The van der Waals surface area contributed by atoms with Crippen LogP contribution in [0.15, 0.2) is 0 Å². The van der Waals surface area contributed by atoms with E-state index in [0.717, 1.165) is 30.3 Å². The molecule has 1 aliphatic rings. The van der Waals surface area contributed by atoms with Crippen LogP contribution in [0.2, 0.25) is 0 Å². The van der Waals surface area contributed by atoms with Gasteiger partial charge in [-0.25, -0.2) is 0 Å². The number of amides is 1. The maximum Gasteiger partial charge on any atom is 0.237 e. The molecule has 3 N–H and O–H groups in total. The van der Waals surface area contributed by atoms with Crippen molar-refractivity contribution in [3.05, 3.63) is 0 Å². The van der Waals surface area contributed by atoms with Crippen molar-refractivity contribution in [1.29, 1.82) is 0 Å². The maximum atomic E-state index is 11.8. The van der Waals surface area contributed by atoms with Crippen LogP contribution >= 0.6 is 23.5 Å². The van der Waals surface area contributed by atoms with Crippen LogP contribution < -0.4 is 11.1 Å². The van der Waals surface area contributed by atoms with Crippen molar-refractivity contribution >= 4 is 29.4 Å². The van der Waals surface area contributed by atoms with Gasteiger partial charge >= 0.3 is 0 Å². The minimum atomic E-state index is -0.333. The number of rotatable bonds is 7. The number of carbonyl (C=O) groups excluding carboxylic acids is 1. The summed E-state index contributed by atoms with van der Waals surface area (Å²) in [7, 11) is 0. The molecule has 0 aromatic carbocycles. The Kier molecular flexibility index (Phi) is 7.39. The molecule has 1 saturated carbocycles. The molecule has 3 nitrogen and oxygen atoms in total. The highest BCUT2D eigenvalue weighted by Crippen LogP contribution is 2.29. The first kappa shape index (κ1) is 15.2. The summed E-state index contributed by atoms with van der Waals surface area (Å²) in [5, 5.41) is 3.82. The van der Waals surface area contributed by atoms with E-state index in [4.69, 9.17) is 5.73 Å². The number of nitrogens with two attached hydrogens (primary N) is 1. The number of nitrogens with one attached hydrogen (secondary N) is 1. The highest BCUT2D eigenvalue weighted by molar-refractivity contribution is 7.99. The third-order valence-electron chi connectivity index (χ3n) is 3.10. The molecule has 0 aliphatic heterocycles. The number of thioether (sulfide) groups is 2. The van der Waals surface area contributed by atoms with Gasteiger partial charge in [-0.1, -0.05) is 6.92 Å². The van der Waals surface area contributed by atoms with E-state index in [1.54, 1.807) is 11.8 Å². The van der Waals surface area contributed by atoms with Gasteiger partial charge in [0.2, 0.25) is 5.91 Å². The van der Waals surface area contributed by atoms with Gasteiger partial charge in [0.1, 0.15) is 0 Å². The van der Waals surface area contributed by atoms with Gasteiger partial charge in [0.05, 0.1) is 6.04 Å². The highest BCUT2D eigenvalue weighted by Gasteiger charge is 2.26. The van der Waals surface area contributed by atoms with Crippen molar-refractivity contribution in [1.82, 2.24) is 5.32 Å². The molecule has 17 heavy (non-hydrogen) atoms. The van der Waals surface area contributed by atoms with Crippen LogP contribution in [-0.2, 0) is 4.79 Å². The molecule has 5 heteroatoms. The number of hydrogen-bond donors (Lipinski definition) is 2. The SMILES string of the molecule is CCSC1CCC(NC(=O)[C@@H](N)CCSC)C1. The highest BCUT2D eigenvalue weighted by atomic mass is 32.2. The summed E-state index contributed by atoms with van der Waals surface area (Å²) in [6, 6.07) is 0.0206. The fourth-order valence-electron chi connectivity index (χ4n) is 2.14. The Morgan fingerprint density at radius 2 is 2.29 bits per heavy atom. The zero-order valence-corrected chi connectivity index (χ0v) is 12.4. The largest absolute Gasteiger partial charge is 0.352 e. The topological polar surface area (TPSA) is 55.1 Å². The zero-order valence-electron chi connectivity index (χ0n) is 10.8. The molecule has 0 heterocycles. The first-order valence-corrected chi connectivity index (χ1v) is 8.78. The second-order valence-corrected chi connectivity index (χ2v) is 7.05. The number of carbonyl (C=O) groups is 1. The predicted octanol–water partition coefficient (Wildman–Crippen LogP) is 1.86. The van der Waals surface area contributed by atoms with Gasteiger partial charge < -0.3 is 11.1 Å². The Hall–Kier alpha value is 0.130. The summed E-state index contributed by atoms with van der Waals surface area (Å²) in [4.78, 5) is 11.8. The monoisotopic (exact) mass is 276 g/mol. The normalized spacial score (nSPS) is 25.8. The Bertz CT molecular complexity index is 239. The summed E-state index contributed by atoms with van der Waals surface area (Å²) < 4.78 is 0. The molecule has 100 valence electrons. The lowest BCUT2D eigenvalue weighted by atomic mass is 10.2. The van der Waals surface area contributed by atoms with Crippen molar-refractivity contribution in [3.8, 4) is 0 Å².